The molecule has 2 heterocycles. The minimum Gasteiger partial charge on any atom is -0.507 e. The number of ketones is 1. The number of aliphatic hydroxyl groups is 1. The van der Waals surface area contributed by atoms with Crippen LogP contribution in [0, 0.1) is 13.8 Å². The van der Waals surface area contributed by atoms with Crippen molar-refractivity contribution in [2.45, 2.75) is 39.7 Å². The first-order valence-electron chi connectivity index (χ1n) is 12.8. The second-order valence-corrected chi connectivity index (χ2v) is 9.58. The minimum absolute atomic E-state index is 0.0280. The molecule has 2 aliphatic heterocycles. The number of amides is 1. The lowest BCUT2D eigenvalue weighted by Crippen LogP contribution is -2.30. The van der Waals surface area contributed by atoms with Crippen LogP contribution in [-0.4, -0.2) is 37.1 Å². The Morgan fingerprint density at radius 1 is 1.05 bits per heavy atom. The quantitative estimate of drug-likeness (QED) is 0.260. The van der Waals surface area contributed by atoms with Crippen LogP contribution in [0.4, 0.5) is 5.69 Å². The molecule has 3 aromatic carbocycles. The lowest BCUT2D eigenvalue weighted by Gasteiger charge is -2.28. The summed E-state index contributed by atoms with van der Waals surface area (Å²) < 4.78 is 17.0. The fourth-order valence-electron chi connectivity index (χ4n) is 5.17. The highest BCUT2D eigenvalue weighted by molar-refractivity contribution is 6.51. The summed E-state index contributed by atoms with van der Waals surface area (Å²) in [5.74, 6) is 0.149. The molecule has 2 aliphatic rings. The smallest absolute Gasteiger partial charge is 0.300 e. The maximum absolute atomic E-state index is 13.6. The molecule has 7 heteroatoms. The van der Waals surface area contributed by atoms with Crippen molar-refractivity contribution in [3.8, 4) is 17.2 Å². The van der Waals surface area contributed by atoms with Gasteiger partial charge < -0.3 is 19.3 Å². The number of aliphatic hydroxyl groups excluding tert-OH is 1. The number of Topliss-reactive ketones (excluding diaryl/α,β-unsaturated/α-hetero) is 1. The van der Waals surface area contributed by atoms with Gasteiger partial charge >= 0.3 is 0 Å². The summed E-state index contributed by atoms with van der Waals surface area (Å²) in [4.78, 5) is 28.7. The minimum atomic E-state index is -0.868. The number of carbonyl (C=O) groups excluding carboxylic acids is 2. The van der Waals surface area contributed by atoms with Crippen LogP contribution in [-0.2, 0) is 16.0 Å². The summed E-state index contributed by atoms with van der Waals surface area (Å²) in [6.45, 7) is 6.76. The zero-order valence-electron chi connectivity index (χ0n) is 22.0. The molecule has 0 bridgehead atoms. The SMILES string of the molecule is CCOc1cc(C2/C(=C(\O)c3ccc4c(c3)CCCO4)C(=O)C(=O)N2c2cc(C)ccc2C)ccc1OC. The average molecular weight is 514 g/mol. The van der Waals surface area contributed by atoms with Crippen LogP contribution in [0.3, 0.4) is 0 Å². The largest absolute Gasteiger partial charge is 0.507 e. The van der Waals surface area contributed by atoms with Gasteiger partial charge in [-0.1, -0.05) is 18.2 Å². The van der Waals surface area contributed by atoms with Crippen molar-refractivity contribution >= 4 is 23.1 Å². The monoisotopic (exact) mass is 513 g/mol. The molecular formula is C31H31NO6. The molecule has 1 saturated heterocycles. The van der Waals surface area contributed by atoms with Crippen molar-refractivity contribution in [2.24, 2.45) is 0 Å². The first-order chi connectivity index (χ1) is 18.3. The fourth-order valence-corrected chi connectivity index (χ4v) is 5.17. The number of nitrogens with zero attached hydrogens (tertiary/aromatic N) is 1. The number of rotatable bonds is 6. The van der Waals surface area contributed by atoms with Gasteiger partial charge in [-0.3, -0.25) is 14.5 Å². The summed E-state index contributed by atoms with van der Waals surface area (Å²) in [6, 6.07) is 15.6. The molecule has 1 unspecified atom stereocenters. The predicted molar refractivity (Wildman–Crippen MR) is 145 cm³/mol. The number of methoxy groups -OCH3 is 1. The zero-order chi connectivity index (χ0) is 27.0. The molecule has 0 saturated carbocycles. The fraction of sp³-hybridized carbons (Fsp3) is 0.290. The van der Waals surface area contributed by atoms with Gasteiger partial charge in [-0.15, -0.1) is 0 Å². The molecule has 0 spiro atoms. The molecule has 1 amide bonds. The van der Waals surface area contributed by atoms with Gasteiger partial charge in [0, 0.05) is 11.3 Å². The number of benzene rings is 3. The summed E-state index contributed by atoms with van der Waals surface area (Å²) >= 11 is 0. The lowest BCUT2D eigenvalue weighted by atomic mass is 9.93. The summed E-state index contributed by atoms with van der Waals surface area (Å²) in [5.41, 5.74) is 4.49. The molecule has 0 radical (unpaired) electrons. The Morgan fingerprint density at radius 3 is 2.63 bits per heavy atom. The summed E-state index contributed by atoms with van der Waals surface area (Å²) in [7, 11) is 1.56. The molecule has 0 aliphatic carbocycles. The number of anilines is 1. The van der Waals surface area contributed by atoms with Crippen LogP contribution in [0.2, 0.25) is 0 Å². The number of ether oxygens (including phenoxy) is 3. The van der Waals surface area contributed by atoms with Crippen molar-refractivity contribution in [3.63, 3.8) is 0 Å². The van der Waals surface area contributed by atoms with Gasteiger partial charge in [0.1, 0.15) is 11.5 Å². The van der Waals surface area contributed by atoms with E-state index < -0.39 is 17.7 Å². The van der Waals surface area contributed by atoms with Gasteiger partial charge in [0.25, 0.3) is 11.7 Å². The number of hydrogen-bond acceptors (Lipinski definition) is 6. The Morgan fingerprint density at radius 2 is 1.87 bits per heavy atom. The Labute approximate surface area is 222 Å². The Balaban J connectivity index is 1.73. The molecule has 38 heavy (non-hydrogen) atoms. The van der Waals surface area contributed by atoms with E-state index >= 15 is 0 Å². The molecule has 3 aromatic rings. The van der Waals surface area contributed by atoms with E-state index in [9.17, 15) is 14.7 Å². The van der Waals surface area contributed by atoms with Crippen molar-refractivity contribution in [1.29, 1.82) is 0 Å². The molecule has 0 aromatic heterocycles. The second-order valence-electron chi connectivity index (χ2n) is 9.58. The summed E-state index contributed by atoms with van der Waals surface area (Å²) in [6.07, 6.45) is 1.69. The topological polar surface area (TPSA) is 85.3 Å². The van der Waals surface area contributed by atoms with E-state index in [-0.39, 0.29) is 11.3 Å². The third kappa shape index (κ3) is 4.38. The first-order valence-corrected chi connectivity index (χ1v) is 12.8. The van der Waals surface area contributed by atoms with Crippen molar-refractivity contribution in [2.75, 3.05) is 25.2 Å². The third-order valence-electron chi connectivity index (χ3n) is 7.05. The van der Waals surface area contributed by atoms with Crippen molar-refractivity contribution in [3.05, 3.63) is 88.0 Å². The highest BCUT2D eigenvalue weighted by atomic mass is 16.5. The number of fused-ring (bicyclic) bond motifs is 1. The highest BCUT2D eigenvalue weighted by Crippen LogP contribution is 2.45. The highest BCUT2D eigenvalue weighted by Gasteiger charge is 2.47. The van der Waals surface area contributed by atoms with Gasteiger partial charge in [0.05, 0.1) is 31.9 Å². The van der Waals surface area contributed by atoms with Gasteiger partial charge in [-0.05, 0) is 92.3 Å². The Kier molecular flexibility index (Phi) is 6.85. The number of carbonyl (C=O) groups is 2. The van der Waals surface area contributed by atoms with E-state index in [1.165, 1.54) is 4.90 Å². The number of aryl methyl sites for hydroxylation is 3. The van der Waals surface area contributed by atoms with E-state index in [1.54, 1.807) is 37.4 Å². The third-order valence-corrected chi connectivity index (χ3v) is 7.05. The van der Waals surface area contributed by atoms with Crippen LogP contribution >= 0.6 is 0 Å². The lowest BCUT2D eigenvalue weighted by molar-refractivity contribution is -0.132. The van der Waals surface area contributed by atoms with Gasteiger partial charge in [0.15, 0.2) is 11.5 Å². The molecule has 1 atom stereocenters. The van der Waals surface area contributed by atoms with E-state index in [0.717, 1.165) is 35.3 Å². The molecule has 1 fully saturated rings. The normalized spacial score (nSPS) is 18.2. The van der Waals surface area contributed by atoms with Crippen molar-refractivity contribution < 1.29 is 28.9 Å². The van der Waals surface area contributed by atoms with Crippen LogP contribution in [0.15, 0.2) is 60.2 Å². The van der Waals surface area contributed by atoms with Gasteiger partial charge in [-0.25, -0.2) is 0 Å². The maximum Gasteiger partial charge on any atom is 0.300 e. The Hall–Kier alpha value is -4.26. The predicted octanol–water partition coefficient (Wildman–Crippen LogP) is 5.66. The van der Waals surface area contributed by atoms with Crippen LogP contribution in [0.5, 0.6) is 17.2 Å². The maximum atomic E-state index is 13.6. The van der Waals surface area contributed by atoms with E-state index in [2.05, 4.69) is 0 Å². The van der Waals surface area contributed by atoms with Gasteiger partial charge in [-0.2, -0.15) is 0 Å². The molecule has 5 rings (SSSR count). The van der Waals surface area contributed by atoms with Crippen LogP contribution < -0.4 is 19.1 Å². The first kappa shape index (κ1) is 25.4. The molecule has 196 valence electrons. The number of hydrogen-bond donors (Lipinski definition) is 1. The van der Waals surface area contributed by atoms with E-state index in [4.69, 9.17) is 14.2 Å². The molecule has 7 nitrogen and oxygen atoms in total. The van der Waals surface area contributed by atoms with Crippen LogP contribution in [0.1, 0.15) is 47.2 Å². The standard InChI is InChI=1S/C31H31NO6/c1-5-37-26-17-21(10-13-25(26)36-4)28-27(29(33)22-11-12-24-20(16-22)7-6-14-38-24)30(34)31(35)32(28)23-15-18(2)8-9-19(23)3/h8-13,15-17,28,33H,5-7,14H2,1-4H3/b29-27+. The second kappa shape index (κ2) is 10.2. The Bertz CT molecular complexity index is 1460. The summed E-state index contributed by atoms with van der Waals surface area (Å²) in [5, 5.41) is 11.6. The average Bonchev–Trinajstić information content (AvgIpc) is 3.19. The van der Waals surface area contributed by atoms with Gasteiger partial charge in [0.2, 0.25) is 0 Å². The van der Waals surface area contributed by atoms with E-state index in [1.807, 2.05) is 45.0 Å². The zero-order valence-corrected chi connectivity index (χ0v) is 22.0. The molecule has 1 N–H and O–H groups in total. The van der Waals surface area contributed by atoms with Crippen LogP contribution in [0.25, 0.3) is 5.76 Å². The molecular weight excluding hydrogens is 482 g/mol. The van der Waals surface area contributed by atoms with E-state index in [0.29, 0.717) is 41.5 Å². The van der Waals surface area contributed by atoms with Crippen molar-refractivity contribution in [1.82, 2.24) is 0 Å².